The van der Waals surface area contributed by atoms with Crippen LogP contribution in [0.3, 0.4) is 0 Å². The van der Waals surface area contributed by atoms with E-state index in [1.165, 1.54) is 5.56 Å². The molecule has 0 spiro atoms. The average molecular weight is 360 g/mol. The maximum Gasteiger partial charge on any atom is 0.251 e. The molecule has 2 aromatic carbocycles. The summed E-state index contributed by atoms with van der Waals surface area (Å²) in [6.45, 7) is 5.80. The lowest BCUT2D eigenvalue weighted by atomic mass is 10.0. The number of benzene rings is 2. The summed E-state index contributed by atoms with van der Waals surface area (Å²) in [5, 5.41) is 2.97. The minimum Gasteiger partial charge on any atom is -0.346 e. The second-order valence-electron chi connectivity index (χ2n) is 6.19. The largest absolute Gasteiger partial charge is 0.346 e. The Labute approximate surface area is 149 Å². The molecule has 2 aromatic rings. The van der Waals surface area contributed by atoms with Crippen molar-refractivity contribution in [3.63, 3.8) is 0 Å². The predicted octanol–water partition coefficient (Wildman–Crippen LogP) is 3.42. The van der Waals surface area contributed by atoms with Crippen molar-refractivity contribution in [3.8, 4) is 0 Å². The second-order valence-corrected chi connectivity index (χ2v) is 7.94. The van der Waals surface area contributed by atoms with E-state index in [1.807, 2.05) is 19.1 Å². The SMILES string of the molecule is CCc1ccc([C@H](C)NC(=O)c2ccc(NS(C)(=O)=O)c(C)c2)cc1. The Bertz CT molecular complexity index is 859. The highest BCUT2D eigenvalue weighted by atomic mass is 32.2. The number of nitrogens with one attached hydrogen (secondary N) is 2. The van der Waals surface area contributed by atoms with E-state index in [4.69, 9.17) is 0 Å². The van der Waals surface area contributed by atoms with Crippen molar-refractivity contribution in [2.24, 2.45) is 0 Å². The number of anilines is 1. The van der Waals surface area contributed by atoms with Gasteiger partial charge in [-0.25, -0.2) is 8.42 Å². The van der Waals surface area contributed by atoms with Crippen molar-refractivity contribution in [1.29, 1.82) is 0 Å². The molecule has 0 unspecified atom stereocenters. The van der Waals surface area contributed by atoms with E-state index in [0.29, 0.717) is 16.8 Å². The zero-order valence-corrected chi connectivity index (χ0v) is 15.8. The number of sulfonamides is 1. The van der Waals surface area contributed by atoms with Crippen LogP contribution in [0.4, 0.5) is 5.69 Å². The molecule has 0 aliphatic heterocycles. The smallest absolute Gasteiger partial charge is 0.251 e. The number of aryl methyl sites for hydroxylation is 2. The number of carbonyl (C=O) groups excluding carboxylic acids is 1. The van der Waals surface area contributed by atoms with Crippen LogP contribution in [0.15, 0.2) is 42.5 Å². The molecule has 1 atom stereocenters. The molecule has 0 saturated heterocycles. The monoisotopic (exact) mass is 360 g/mol. The number of amides is 1. The number of hydrogen-bond acceptors (Lipinski definition) is 3. The molecule has 0 heterocycles. The van der Waals surface area contributed by atoms with Crippen LogP contribution in [0.5, 0.6) is 0 Å². The summed E-state index contributed by atoms with van der Waals surface area (Å²) in [7, 11) is -3.34. The van der Waals surface area contributed by atoms with Gasteiger partial charge in [-0.1, -0.05) is 31.2 Å². The van der Waals surface area contributed by atoms with Crippen LogP contribution >= 0.6 is 0 Å². The van der Waals surface area contributed by atoms with Gasteiger partial charge in [0.15, 0.2) is 0 Å². The minimum atomic E-state index is -3.34. The Morgan fingerprint density at radius 2 is 1.76 bits per heavy atom. The van der Waals surface area contributed by atoms with E-state index < -0.39 is 10.0 Å². The summed E-state index contributed by atoms with van der Waals surface area (Å²) in [5.41, 5.74) is 3.96. The van der Waals surface area contributed by atoms with Gasteiger partial charge in [0.25, 0.3) is 5.91 Å². The van der Waals surface area contributed by atoms with E-state index in [9.17, 15) is 13.2 Å². The molecule has 0 aromatic heterocycles. The van der Waals surface area contributed by atoms with Gasteiger partial charge in [-0.2, -0.15) is 0 Å². The molecular formula is C19H24N2O3S. The Hall–Kier alpha value is -2.34. The number of hydrogen-bond donors (Lipinski definition) is 2. The first-order chi connectivity index (χ1) is 11.7. The lowest BCUT2D eigenvalue weighted by molar-refractivity contribution is 0.0940. The second kappa shape index (κ2) is 7.70. The van der Waals surface area contributed by atoms with Gasteiger partial charge in [0.1, 0.15) is 0 Å². The molecule has 0 bridgehead atoms. The molecule has 1 amide bonds. The molecule has 2 rings (SSSR count). The van der Waals surface area contributed by atoms with Crippen molar-refractivity contribution >= 4 is 21.6 Å². The Balaban J connectivity index is 2.10. The molecule has 0 aliphatic rings. The van der Waals surface area contributed by atoms with Crippen LogP contribution in [-0.4, -0.2) is 20.6 Å². The van der Waals surface area contributed by atoms with Crippen LogP contribution in [0.25, 0.3) is 0 Å². The molecule has 0 aliphatic carbocycles. The molecule has 0 radical (unpaired) electrons. The fraction of sp³-hybridized carbons (Fsp3) is 0.316. The molecule has 0 fully saturated rings. The normalized spacial score (nSPS) is 12.5. The van der Waals surface area contributed by atoms with Gasteiger partial charge in [-0.15, -0.1) is 0 Å². The number of carbonyl (C=O) groups is 1. The van der Waals surface area contributed by atoms with E-state index in [1.54, 1.807) is 25.1 Å². The molecular weight excluding hydrogens is 336 g/mol. The van der Waals surface area contributed by atoms with Crippen molar-refractivity contribution in [3.05, 3.63) is 64.7 Å². The van der Waals surface area contributed by atoms with Crippen molar-refractivity contribution in [2.45, 2.75) is 33.2 Å². The Kier molecular flexibility index (Phi) is 5.85. The Morgan fingerprint density at radius 1 is 1.12 bits per heavy atom. The van der Waals surface area contributed by atoms with Crippen molar-refractivity contribution in [2.75, 3.05) is 11.0 Å². The molecule has 134 valence electrons. The quantitative estimate of drug-likeness (QED) is 0.829. The third-order valence-corrected chi connectivity index (χ3v) is 4.61. The highest BCUT2D eigenvalue weighted by molar-refractivity contribution is 7.92. The van der Waals surface area contributed by atoms with Crippen LogP contribution < -0.4 is 10.0 Å². The van der Waals surface area contributed by atoms with Crippen molar-refractivity contribution in [1.82, 2.24) is 5.32 Å². The van der Waals surface area contributed by atoms with Crippen LogP contribution in [-0.2, 0) is 16.4 Å². The third kappa shape index (κ3) is 5.32. The molecule has 25 heavy (non-hydrogen) atoms. The first kappa shape index (κ1) is 19.0. The lowest BCUT2D eigenvalue weighted by Gasteiger charge is -2.16. The molecule has 2 N–H and O–H groups in total. The average Bonchev–Trinajstić information content (AvgIpc) is 2.55. The maximum atomic E-state index is 12.5. The first-order valence-corrected chi connectivity index (χ1v) is 10.1. The van der Waals surface area contributed by atoms with Crippen LogP contribution in [0.2, 0.25) is 0 Å². The molecule has 6 heteroatoms. The summed E-state index contributed by atoms with van der Waals surface area (Å²) in [4.78, 5) is 12.5. The summed E-state index contributed by atoms with van der Waals surface area (Å²) in [6, 6.07) is 12.9. The lowest BCUT2D eigenvalue weighted by Crippen LogP contribution is -2.26. The van der Waals surface area contributed by atoms with E-state index >= 15 is 0 Å². The van der Waals surface area contributed by atoms with Gasteiger partial charge in [-0.3, -0.25) is 9.52 Å². The Morgan fingerprint density at radius 3 is 2.28 bits per heavy atom. The van der Waals surface area contributed by atoms with Crippen LogP contribution in [0, 0.1) is 6.92 Å². The first-order valence-electron chi connectivity index (χ1n) is 8.17. The number of rotatable bonds is 6. The fourth-order valence-electron chi connectivity index (χ4n) is 2.52. The van der Waals surface area contributed by atoms with Gasteiger partial charge in [0, 0.05) is 5.56 Å². The molecule has 0 saturated carbocycles. The molecule has 5 nitrogen and oxygen atoms in total. The van der Waals surface area contributed by atoms with E-state index in [0.717, 1.165) is 18.2 Å². The van der Waals surface area contributed by atoms with Gasteiger partial charge in [0.2, 0.25) is 10.0 Å². The summed E-state index contributed by atoms with van der Waals surface area (Å²) >= 11 is 0. The minimum absolute atomic E-state index is 0.118. The maximum absolute atomic E-state index is 12.5. The van der Waals surface area contributed by atoms with E-state index in [2.05, 4.69) is 29.1 Å². The third-order valence-electron chi connectivity index (χ3n) is 4.02. The standard InChI is InChI=1S/C19H24N2O3S/c1-5-15-6-8-16(9-7-15)14(3)20-19(22)17-10-11-18(13(2)12-17)21-25(4,23)24/h6-12,14,21H,5H2,1-4H3,(H,20,22)/t14-/m0/s1. The highest BCUT2D eigenvalue weighted by Crippen LogP contribution is 2.19. The van der Waals surface area contributed by atoms with E-state index in [-0.39, 0.29) is 11.9 Å². The van der Waals surface area contributed by atoms with Gasteiger partial charge in [-0.05, 0) is 55.2 Å². The van der Waals surface area contributed by atoms with Crippen LogP contribution in [0.1, 0.15) is 46.9 Å². The topological polar surface area (TPSA) is 75.3 Å². The predicted molar refractivity (Wildman–Crippen MR) is 101 cm³/mol. The van der Waals surface area contributed by atoms with Gasteiger partial charge in [0.05, 0.1) is 18.0 Å². The van der Waals surface area contributed by atoms with Gasteiger partial charge < -0.3 is 5.32 Å². The van der Waals surface area contributed by atoms with Gasteiger partial charge >= 0.3 is 0 Å². The summed E-state index contributed by atoms with van der Waals surface area (Å²) in [6.07, 6.45) is 2.08. The highest BCUT2D eigenvalue weighted by Gasteiger charge is 2.13. The summed E-state index contributed by atoms with van der Waals surface area (Å²) < 4.78 is 25.1. The summed E-state index contributed by atoms with van der Waals surface area (Å²) in [5.74, 6) is -0.193. The zero-order valence-electron chi connectivity index (χ0n) is 15.0. The van der Waals surface area contributed by atoms with Crippen molar-refractivity contribution < 1.29 is 13.2 Å². The zero-order chi connectivity index (χ0) is 18.6. The fourth-order valence-corrected chi connectivity index (χ4v) is 3.15.